The maximum absolute atomic E-state index is 12.3. The van der Waals surface area contributed by atoms with Gasteiger partial charge in [0.1, 0.15) is 6.61 Å². The molecule has 14 heteroatoms. The Morgan fingerprint density at radius 2 is 0.698 bits per heavy atom. The fourth-order valence-corrected chi connectivity index (χ4v) is 6.87. The highest BCUT2D eigenvalue weighted by Crippen LogP contribution is 2.44. The van der Waals surface area contributed by atoms with E-state index in [0.29, 0.717) is 145 Å². The number of unbranched alkanes of at least 4 members (excludes halogenated alkanes) is 9. The molecule has 0 bridgehead atoms. The first-order valence-corrected chi connectivity index (χ1v) is 23.7. The number of carbonyl (C=O) groups is 1. The largest absolute Gasteiger partial charge is 0.449 e. The summed E-state index contributed by atoms with van der Waals surface area (Å²) in [4.78, 5) is 12.3. The van der Waals surface area contributed by atoms with E-state index in [9.17, 15) is 4.79 Å². The Hall–Kier alpha value is -2.73. The first-order valence-electron chi connectivity index (χ1n) is 23.7. The Balaban J connectivity index is 0.907. The highest BCUT2D eigenvalue weighted by molar-refractivity contribution is 5.79. The van der Waals surface area contributed by atoms with E-state index in [1.807, 2.05) is 24.3 Å². The summed E-state index contributed by atoms with van der Waals surface area (Å²) >= 11 is 0. The minimum Gasteiger partial charge on any atom is -0.449 e. The molecular weight excluding hydrogens is 811 g/mol. The summed E-state index contributed by atoms with van der Waals surface area (Å²) in [6.45, 7) is 14.3. The second kappa shape index (κ2) is 40.8. The molecule has 0 atom stereocenters. The van der Waals surface area contributed by atoms with Crippen LogP contribution in [0.3, 0.4) is 0 Å². The summed E-state index contributed by atoms with van der Waals surface area (Å²) < 4.78 is 66.5. The number of rotatable bonds is 46. The van der Waals surface area contributed by atoms with Crippen LogP contribution in [0.2, 0.25) is 0 Å². The van der Waals surface area contributed by atoms with Crippen molar-refractivity contribution in [2.45, 2.75) is 77.0 Å². The van der Waals surface area contributed by atoms with Crippen LogP contribution in [-0.4, -0.2) is 165 Å². The third-order valence-electron chi connectivity index (χ3n) is 10.2. The van der Waals surface area contributed by atoms with Gasteiger partial charge in [-0.3, -0.25) is 0 Å². The highest BCUT2D eigenvalue weighted by Gasteiger charge is 2.29. The van der Waals surface area contributed by atoms with Crippen LogP contribution >= 0.6 is 0 Å². The van der Waals surface area contributed by atoms with E-state index in [1.54, 1.807) is 0 Å². The quantitative estimate of drug-likeness (QED) is 0.0653. The van der Waals surface area contributed by atoms with Crippen molar-refractivity contribution in [1.29, 1.82) is 0 Å². The van der Waals surface area contributed by atoms with Gasteiger partial charge in [0, 0.05) is 19.1 Å². The lowest BCUT2D eigenvalue weighted by atomic mass is 9.98. The Labute approximate surface area is 378 Å². The van der Waals surface area contributed by atoms with Crippen LogP contribution in [0.4, 0.5) is 4.79 Å². The van der Waals surface area contributed by atoms with Gasteiger partial charge in [-0.1, -0.05) is 113 Å². The van der Waals surface area contributed by atoms with Gasteiger partial charge < -0.3 is 62.2 Å². The van der Waals surface area contributed by atoms with Crippen molar-refractivity contribution in [2.24, 2.45) is 0 Å². The normalized spacial score (nSPS) is 12.2. The fraction of sp³-hybridized carbons (Fsp3) is 0.735. The average molecular weight is 892 g/mol. The predicted octanol–water partition coefficient (Wildman–Crippen LogP) is 7.63. The van der Waals surface area contributed by atoms with E-state index < -0.39 is 6.09 Å². The molecule has 2 aromatic carbocycles. The molecule has 0 radical (unpaired) electrons. The van der Waals surface area contributed by atoms with Crippen molar-refractivity contribution in [3.8, 4) is 11.1 Å². The number of hydrogen-bond acceptors (Lipinski definition) is 13. The van der Waals surface area contributed by atoms with Crippen molar-refractivity contribution in [1.82, 2.24) is 5.32 Å². The van der Waals surface area contributed by atoms with E-state index in [1.165, 1.54) is 80.0 Å². The standard InChI is InChI=1S/C49H81NO13/c1-2-3-4-5-6-7-8-9-10-15-21-52-23-25-54-27-29-56-31-33-58-35-37-60-39-41-62-42-40-61-38-36-59-34-32-57-30-28-55-26-24-53-22-20-50-49(51)63-43-48-46-18-13-11-16-44(46)45-17-12-14-19-47(45)48/h11-14,16-19,48H,2-10,15,20-43H2,1H3,(H,50,51). The monoisotopic (exact) mass is 892 g/mol. The lowest BCUT2D eigenvalue weighted by Crippen LogP contribution is -2.29. The van der Waals surface area contributed by atoms with E-state index in [-0.39, 0.29) is 12.5 Å². The van der Waals surface area contributed by atoms with Gasteiger partial charge in [0.05, 0.1) is 139 Å². The number of nitrogens with one attached hydrogen (secondary N) is 1. The Bertz CT molecular complexity index is 1290. The Morgan fingerprint density at radius 3 is 1.06 bits per heavy atom. The molecular formula is C49H81NO13. The zero-order chi connectivity index (χ0) is 44.4. The van der Waals surface area contributed by atoms with Crippen molar-refractivity contribution < 1.29 is 61.6 Å². The Morgan fingerprint density at radius 1 is 0.397 bits per heavy atom. The number of amides is 1. The first-order chi connectivity index (χ1) is 31.3. The van der Waals surface area contributed by atoms with Crippen LogP contribution in [0.15, 0.2) is 48.5 Å². The van der Waals surface area contributed by atoms with Crippen molar-refractivity contribution in [2.75, 3.05) is 159 Å². The van der Waals surface area contributed by atoms with Gasteiger partial charge in [0.2, 0.25) is 0 Å². The van der Waals surface area contributed by atoms with Gasteiger partial charge in [0.15, 0.2) is 0 Å². The van der Waals surface area contributed by atoms with Gasteiger partial charge in [0.25, 0.3) is 0 Å². The smallest absolute Gasteiger partial charge is 0.407 e. The molecule has 0 aromatic heterocycles. The summed E-state index contributed by atoms with van der Waals surface area (Å²) in [5, 5.41) is 2.75. The molecule has 0 aliphatic heterocycles. The summed E-state index contributed by atoms with van der Waals surface area (Å²) in [5.74, 6) is 0.0368. The molecule has 0 saturated heterocycles. The molecule has 360 valence electrons. The lowest BCUT2D eigenvalue weighted by molar-refractivity contribution is -0.0275. The molecule has 1 N–H and O–H groups in total. The summed E-state index contributed by atoms with van der Waals surface area (Å²) in [5.41, 5.74) is 4.78. The second-order valence-electron chi connectivity index (χ2n) is 15.2. The average Bonchev–Trinajstić information content (AvgIpc) is 3.63. The maximum Gasteiger partial charge on any atom is 0.407 e. The zero-order valence-corrected chi connectivity index (χ0v) is 38.5. The van der Waals surface area contributed by atoms with Crippen molar-refractivity contribution in [3.05, 3.63) is 59.7 Å². The van der Waals surface area contributed by atoms with Crippen molar-refractivity contribution >= 4 is 6.09 Å². The van der Waals surface area contributed by atoms with Gasteiger partial charge in [-0.15, -0.1) is 0 Å². The zero-order valence-electron chi connectivity index (χ0n) is 38.5. The number of carbonyl (C=O) groups excluding carboxylic acids is 1. The molecule has 63 heavy (non-hydrogen) atoms. The van der Waals surface area contributed by atoms with Crippen LogP contribution in [0.1, 0.15) is 88.2 Å². The molecule has 0 spiro atoms. The fourth-order valence-electron chi connectivity index (χ4n) is 6.87. The lowest BCUT2D eigenvalue weighted by Gasteiger charge is -2.14. The number of ether oxygens (including phenoxy) is 12. The molecule has 14 nitrogen and oxygen atoms in total. The molecule has 3 rings (SSSR count). The SMILES string of the molecule is CCCCCCCCCCCCOCCOCCOCCOCCOCCOCCOCCOCCOCCOCCOCCNC(=O)OCC1c2ccccc2-c2ccccc21. The predicted molar refractivity (Wildman–Crippen MR) is 244 cm³/mol. The molecule has 1 aliphatic rings. The minimum absolute atomic E-state index is 0.0368. The molecule has 2 aromatic rings. The molecule has 0 heterocycles. The number of hydrogen-bond donors (Lipinski definition) is 1. The summed E-state index contributed by atoms with van der Waals surface area (Å²) in [6, 6.07) is 16.5. The number of benzene rings is 2. The van der Waals surface area contributed by atoms with Gasteiger partial charge in [-0.05, 0) is 28.7 Å². The van der Waals surface area contributed by atoms with Crippen LogP contribution in [0, 0.1) is 0 Å². The van der Waals surface area contributed by atoms with E-state index in [4.69, 9.17) is 56.8 Å². The second-order valence-corrected chi connectivity index (χ2v) is 15.2. The summed E-state index contributed by atoms with van der Waals surface area (Å²) in [7, 11) is 0. The molecule has 0 saturated carbocycles. The van der Waals surface area contributed by atoms with Crippen molar-refractivity contribution in [3.63, 3.8) is 0 Å². The molecule has 0 fully saturated rings. The molecule has 1 aliphatic carbocycles. The van der Waals surface area contributed by atoms with E-state index in [0.717, 1.165) is 13.0 Å². The third kappa shape index (κ3) is 28.7. The Kier molecular flexibility index (Phi) is 35.3. The summed E-state index contributed by atoms with van der Waals surface area (Å²) in [6.07, 6.45) is 12.9. The molecule has 1 amide bonds. The molecule has 0 unspecified atom stereocenters. The minimum atomic E-state index is -0.451. The van der Waals surface area contributed by atoms with Crippen LogP contribution in [0.5, 0.6) is 0 Å². The van der Waals surface area contributed by atoms with E-state index >= 15 is 0 Å². The van der Waals surface area contributed by atoms with E-state index in [2.05, 4.69) is 36.5 Å². The number of alkyl carbamates (subject to hydrolysis) is 1. The van der Waals surface area contributed by atoms with Gasteiger partial charge in [-0.2, -0.15) is 0 Å². The topological polar surface area (TPSA) is 140 Å². The first kappa shape index (κ1) is 54.6. The van der Waals surface area contributed by atoms with Gasteiger partial charge >= 0.3 is 6.09 Å². The van der Waals surface area contributed by atoms with Gasteiger partial charge in [-0.25, -0.2) is 4.79 Å². The highest BCUT2D eigenvalue weighted by atomic mass is 16.6. The maximum atomic E-state index is 12.3. The van der Waals surface area contributed by atoms with Crippen LogP contribution in [-0.2, 0) is 56.8 Å². The van der Waals surface area contributed by atoms with Crippen LogP contribution < -0.4 is 5.32 Å². The number of fused-ring (bicyclic) bond motifs is 3. The third-order valence-corrected chi connectivity index (χ3v) is 10.2. The van der Waals surface area contributed by atoms with Crippen LogP contribution in [0.25, 0.3) is 11.1 Å².